The zero-order valence-electron chi connectivity index (χ0n) is 13.1. The van der Waals surface area contributed by atoms with E-state index in [1.165, 1.54) is 16.7 Å². The molecule has 0 aliphatic heterocycles. The van der Waals surface area contributed by atoms with E-state index in [4.69, 9.17) is 10.5 Å². The zero-order chi connectivity index (χ0) is 15.2. The van der Waals surface area contributed by atoms with Crippen molar-refractivity contribution >= 4 is 5.69 Å². The van der Waals surface area contributed by atoms with Gasteiger partial charge < -0.3 is 10.5 Å². The summed E-state index contributed by atoms with van der Waals surface area (Å²) in [6.07, 6.45) is 1.08. The van der Waals surface area contributed by atoms with Crippen molar-refractivity contribution in [1.29, 1.82) is 0 Å². The second-order valence-electron chi connectivity index (χ2n) is 5.46. The highest BCUT2D eigenvalue weighted by Crippen LogP contribution is 2.20. The van der Waals surface area contributed by atoms with Gasteiger partial charge in [0.05, 0.1) is 7.11 Å². The number of rotatable bonds is 6. The minimum Gasteiger partial charge on any atom is -0.497 e. The van der Waals surface area contributed by atoms with Crippen LogP contribution < -0.4 is 10.5 Å². The van der Waals surface area contributed by atoms with Crippen LogP contribution in [0.15, 0.2) is 42.5 Å². The summed E-state index contributed by atoms with van der Waals surface area (Å²) in [7, 11) is 3.78. The summed E-state index contributed by atoms with van der Waals surface area (Å²) in [6.45, 7) is 3.94. The van der Waals surface area contributed by atoms with Crippen molar-refractivity contribution in [3.63, 3.8) is 0 Å². The number of hydrogen-bond acceptors (Lipinski definition) is 3. The van der Waals surface area contributed by atoms with Gasteiger partial charge in [-0.1, -0.05) is 31.2 Å². The van der Waals surface area contributed by atoms with Gasteiger partial charge in [0.15, 0.2) is 0 Å². The molecular weight excluding hydrogens is 260 g/mol. The maximum absolute atomic E-state index is 5.90. The Labute approximate surface area is 127 Å². The molecule has 0 aliphatic rings. The Morgan fingerprint density at radius 1 is 0.952 bits per heavy atom. The third-order valence-corrected chi connectivity index (χ3v) is 3.56. The first-order valence-corrected chi connectivity index (χ1v) is 7.30. The molecule has 0 radical (unpaired) electrons. The van der Waals surface area contributed by atoms with Crippen LogP contribution in [0.1, 0.15) is 23.6 Å². The lowest BCUT2D eigenvalue weighted by molar-refractivity contribution is 0.318. The summed E-state index contributed by atoms with van der Waals surface area (Å²) in [6, 6.07) is 14.7. The van der Waals surface area contributed by atoms with Crippen molar-refractivity contribution in [1.82, 2.24) is 4.90 Å². The van der Waals surface area contributed by atoms with Crippen LogP contribution in [-0.4, -0.2) is 19.1 Å². The average molecular weight is 284 g/mol. The Kier molecular flexibility index (Phi) is 5.23. The molecule has 2 rings (SSSR count). The molecule has 0 aromatic heterocycles. The standard InChI is InChI=1S/C18H24N2O/c1-4-14-5-7-15(8-6-14)12-20(2)13-16-9-17(19)11-18(10-16)21-3/h5-11H,4,12-13,19H2,1-3H3. The maximum atomic E-state index is 5.90. The van der Waals surface area contributed by atoms with Crippen LogP contribution >= 0.6 is 0 Å². The molecule has 3 heteroatoms. The van der Waals surface area contributed by atoms with E-state index < -0.39 is 0 Å². The molecule has 0 saturated carbocycles. The van der Waals surface area contributed by atoms with Gasteiger partial charge in [-0.2, -0.15) is 0 Å². The van der Waals surface area contributed by atoms with Crippen molar-refractivity contribution < 1.29 is 4.74 Å². The van der Waals surface area contributed by atoms with E-state index in [1.807, 2.05) is 18.2 Å². The normalized spacial score (nSPS) is 10.9. The molecule has 0 spiro atoms. The Balaban J connectivity index is 2.00. The molecule has 0 heterocycles. The number of anilines is 1. The van der Waals surface area contributed by atoms with Crippen molar-refractivity contribution in [2.45, 2.75) is 26.4 Å². The minimum absolute atomic E-state index is 0.741. The van der Waals surface area contributed by atoms with Gasteiger partial charge in [-0.3, -0.25) is 4.90 Å². The molecule has 21 heavy (non-hydrogen) atoms. The zero-order valence-corrected chi connectivity index (χ0v) is 13.1. The fraction of sp³-hybridized carbons (Fsp3) is 0.333. The van der Waals surface area contributed by atoms with Crippen LogP contribution in [0.5, 0.6) is 5.75 Å². The highest BCUT2D eigenvalue weighted by atomic mass is 16.5. The van der Waals surface area contributed by atoms with Gasteiger partial charge in [0, 0.05) is 24.8 Å². The summed E-state index contributed by atoms with van der Waals surface area (Å²) in [5, 5.41) is 0. The van der Waals surface area contributed by atoms with Gasteiger partial charge in [0.1, 0.15) is 5.75 Å². The van der Waals surface area contributed by atoms with E-state index in [0.29, 0.717) is 0 Å². The largest absolute Gasteiger partial charge is 0.497 e. The van der Waals surface area contributed by atoms with Crippen LogP contribution in [0.4, 0.5) is 5.69 Å². The SMILES string of the molecule is CCc1ccc(CN(C)Cc2cc(N)cc(OC)c2)cc1. The van der Waals surface area contributed by atoms with Crippen LogP contribution in [0.3, 0.4) is 0 Å². The van der Waals surface area contributed by atoms with E-state index in [0.717, 1.165) is 30.9 Å². The number of aryl methyl sites for hydroxylation is 1. The third-order valence-electron chi connectivity index (χ3n) is 3.56. The Morgan fingerprint density at radius 2 is 1.57 bits per heavy atom. The Bertz CT molecular complexity index is 578. The molecule has 3 nitrogen and oxygen atoms in total. The number of hydrogen-bond donors (Lipinski definition) is 1. The van der Waals surface area contributed by atoms with Gasteiger partial charge in [0.2, 0.25) is 0 Å². The first kappa shape index (κ1) is 15.4. The molecule has 2 aromatic rings. The summed E-state index contributed by atoms with van der Waals surface area (Å²) in [5.41, 5.74) is 10.5. The molecule has 0 saturated heterocycles. The molecule has 0 aliphatic carbocycles. The van der Waals surface area contributed by atoms with Crippen LogP contribution in [0.2, 0.25) is 0 Å². The van der Waals surface area contributed by atoms with Gasteiger partial charge in [-0.15, -0.1) is 0 Å². The van der Waals surface area contributed by atoms with E-state index in [1.54, 1.807) is 7.11 Å². The second kappa shape index (κ2) is 7.14. The van der Waals surface area contributed by atoms with Crippen LogP contribution in [0.25, 0.3) is 0 Å². The molecule has 2 aromatic carbocycles. The number of ether oxygens (including phenoxy) is 1. The number of nitrogens with zero attached hydrogens (tertiary/aromatic N) is 1. The number of methoxy groups -OCH3 is 1. The smallest absolute Gasteiger partial charge is 0.121 e. The fourth-order valence-corrected chi connectivity index (χ4v) is 2.45. The third kappa shape index (κ3) is 4.50. The molecule has 0 atom stereocenters. The summed E-state index contributed by atoms with van der Waals surface area (Å²) in [5.74, 6) is 0.811. The molecule has 112 valence electrons. The lowest BCUT2D eigenvalue weighted by Gasteiger charge is -2.18. The molecule has 0 amide bonds. The molecule has 0 fully saturated rings. The van der Waals surface area contributed by atoms with E-state index in [9.17, 15) is 0 Å². The topological polar surface area (TPSA) is 38.5 Å². The molecule has 0 unspecified atom stereocenters. The Hall–Kier alpha value is -2.00. The van der Waals surface area contributed by atoms with Gasteiger partial charge in [-0.05, 0) is 42.3 Å². The van der Waals surface area contributed by atoms with Crippen molar-refractivity contribution in [3.8, 4) is 5.75 Å². The number of benzene rings is 2. The minimum atomic E-state index is 0.741. The van der Waals surface area contributed by atoms with Crippen LogP contribution in [-0.2, 0) is 19.5 Å². The van der Waals surface area contributed by atoms with Gasteiger partial charge >= 0.3 is 0 Å². The Morgan fingerprint density at radius 3 is 2.19 bits per heavy atom. The fourth-order valence-electron chi connectivity index (χ4n) is 2.45. The highest BCUT2D eigenvalue weighted by Gasteiger charge is 2.05. The summed E-state index contributed by atoms with van der Waals surface area (Å²) < 4.78 is 5.26. The average Bonchev–Trinajstić information content (AvgIpc) is 2.47. The molecule has 0 bridgehead atoms. The lowest BCUT2D eigenvalue weighted by atomic mass is 10.1. The highest BCUT2D eigenvalue weighted by molar-refractivity contribution is 5.47. The second-order valence-corrected chi connectivity index (χ2v) is 5.46. The van der Waals surface area contributed by atoms with Crippen molar-refractivity contribution in [3.05, 3.63) is 59.2 Å². The van der Waals surface area contributed by atoms with Crippen LogP contribution in [0, 0.1) is 0 Å². The van der Waals surface area contributed by atoms with Crippen molar-refractivity contribution in [2.75, 3.05) is 19.9 Å². The first-order valence-electron chi connectivity index (χ1n) is 7.30. The number of nitrogen functional groups attached to an aromatic ring is 1. The summed E-state index contributed by atoms with van der Waals surface area (Å²) in [4.78, 5) is 2.27. The van der Waals surface area contributed by atoms with Crippen molar-refractivity contribution in [2.24, 2.45) is 0 Å². The molecule has 2 N–H and O–H groups in total. The van der Waals surface area contributed by atoms with E-state index >= 15 is 0 Å². The summed E-state index contributed by atoms with van der Waals surface area (Å²) >= 11 is 0. The van der Waals surface area contributed by atoms with Gasteiger partial charge in [0.25, 0.3) is 0 Å². The molecular formula is C18H24N2O. The predicted molar refractivity (Wildman–Crippen MR) is 88.4 cm³/mol. The lowest BCUT2D eigenvalue weighted by Crippen LogP contribution is -2.17. The van der Waals surface area contributed by atoms with E-state index in [-0.39, 0.29) is 0 Å². The quantitative estimate of drug-likeness (QED) is 0.825. The van der Waals surface area contributed by atoms with Gasteiger partial charge in [-0.25, -0.2) is 0 Å². The van der Waals surface area contributed by atoms with E-state index in [2.05, 4.69) is 43.1 Å². The number of nitrogens with two attached hydrogens (primary N) is 1. The monoisotopic (exact) mass is 284 g/mol. The predicted octanol–water partition coefficient (Wildman–Crippen LogP) is 3.47. The first-order chi connectivity index (χ1) is 10.1. The maximum Gasteiger partial charge on any atom is 0.121 e.